The van der Waals surface area contributed by atoms with Crippen LogP contribution in [-0.2, 0) is 6.54 Å². The molecule has 3 N–H and O–H groups in total. The van der Waals surface area contributed by atoms with Gasteiger partial charge in [-0.2, -0.15) is 4.98 Å². The molecular weight excluding hydrogens is 223 g/mol. The smallest absolute Gasteiger partial charge is 0.240 e. The van der Waals surface area contributed by atoms with Crippen LogP contribution in [0.5, 0.6) is 0 Å². The number of benzene rings is 1. The fraction of sp³-hybridized carbons (Fsp3) is 0.0909. The summed E-state index contributed by atoms with van der Waals surface area (Å²) in [6.45, 7) is 0.140. The number of nitrogens with zero attached hydrogens (tertiary/aromatic N) is 2. The van der Waals surface area contributed by atoms with Gasteiger partial charge in [-0.05, 0) is 18.2 Å². The summed E-state index contributed by atoms with van der Waals surface area (Å²) in [5.41, 5.74) is 6.39. The van der Waals surface area contributed by atoms with E-state index in [1.807, 2.05) is 0 Å². The van der Waals surface area contributed by atoms with Gasteiger partial charge in [0.2, 0.25) is 11.7 Å². The molecule has 0 radical (unpaired) electrons. The molecule has 0 unspecified atom stereocenters. The number of aromatic amines is 1. The van der Waals surface area contributed by atoms with E-state index in [-0.39, 0.29) is 24.1 Å². The van der Waals surface area contributed by atoms with Gasteiger partial charge in [0, 0.05) is 17.1 Å². The lowest BCUT2D eigenvalue weighted by Crippen LogP contribution is -1.96. The molecule has 0 aliphatic carbocycles. The van der Waals surface area contributed by atoms with Crippen molar-refractivity contribution in [1.82, 2.24) is 15.1 Å². The topological polar surface area (TPSA) is 80.7 Å². The Bertz CT molecular complexity index is 673. The molecule has 0 saturated carbocycles. The van der Waals surface area contributed by atoms with E-state index in [1.54, 1.807) is 24.4 Å². The first-order valence-corrected chi connectivity index (χ1v) is 5.08. The maximum atomic E-state index is 14.1. The molecule has 2 heterocycles. The van der Waals surface area contributed by atoms with Gasteiger partial charge in [0.1, 0.15) is 5.82 Å². The zero-order valence-electron chi connectivity index (χ0n) is 8.77. The number of H-pyrrole nitrogens is 1. The molecular formula is C11H9FN4O. The number of halogens is 1. The molecule has 0 atom stereocenters. The molecule has 0 aliphatic rings. The van der Waals surface area contributed by atoms with E-state index in [4.69, 9.17) is 10.3 Å². The summed E-state index contributed by atoms with van der Waals surface area (Å²) in [4.78, 5) is 6.93. The van der Waals surface area contributed by atoms with Crippen LogP contribution in [0, 0.1) is 5.82 Å². The normalized spacial score (nSPS) is 11.2. The Kier molecular flexibility index (Phi) is 2.15. The van der Waals surface area contributed by atoms with Crippen LogP contribution in [-0.4, -0.2) is 15.1 Å². The van der Waals surface area contributed by atoms with Crippen LogP contribution in [0.1, 0.15) is 5.89 Å². The molecule has 0 fully saturated rings. The number of hydrogen-bond acceptors (Lipinski definition) is 4. The van der Waals surface area contributed by atoms with E-state index < -0.39 is 0 Å². The van der Waals surface area contributed by atoms with Gasteiger partial charge >= 0.3 is 0 Å². The largest absolute Gasteiger partial charge is 0.361 e. The average Bonchev–Trinajstić information content (AvgIpc) is 2.97. The summed E-state index contributed by atoms with van der Waals surface area (Å²) in [6, 6.07) is 5.05. The summed E-state index contributed by atoms with van der Waals surface area (Å²) in [5, 5.41) is 4.19. The number of nitrogens with two attached hydrogens (primary N) is 1. The highest BCUT2D eigenvalue weighted by atomic mass is 19.1. The van der Waals surface area contributed by atoms with Crippen molar-refractivity contribution >= 4 is 10.9 Å². The third-order valence-electron chi connectivity index (χ3n) is 2.55. The number of fused-ring (bicyclic) bond motifs is 1. The second kappa shape index (κ2) is 3.67. The molecule has 86 valence electrons. The molecule has 0 spiro atoms. The van der Waals surface area contributed by atoms with Gasteiger partial charge in [0.25, 0.3) is 0 Å². The standard InChI is InChI=1S/C11H9FN4O/c12-10-6-3-4-14-8(6)2-1-7(10)11-15-9(5-13)17-16-11/h1-4,14H,5,13H2. The monoisotopic (exact) mass is 232 g/mol. The lowest BCUT2D eigenvalue weighted by atomic mass is 10.1. The van der Waals surface area contributed by atoms with Crippen LogP contribution in [0.4, 0.5) is 4.39 Å². The van der Waals surface area contributed by atoms with Crippen molar-refractivity contribution in [3.8, 4) is 11.4 Å². The van der Waals surface area contributed by atoms with Crippen molar-refractivity contribution in [3.63, 3.8) is 0 Å². The van der Waals surface area contributed by atoms with Gasteiger partial charge in [0.15, 0.2) is 0 Å². The minimum Gasteiger partial charge on any atom is -0.361 e. The Labute approximate surface area is 95.4 Å². The van der Waals surface area contributed by atoms with E-state index in [1.165, 1.54) is 0 Å². The van der Waals surface area contributed by atoms with E-state index in [2.05, 4.69) is 15.1 Å². The number of nitrogens with one attached hydrogen (secondary N) is 1. The van der Waals surface area contributed by atoms with Crippen molar-refractivity contribution in [1.29, 1.82) is 0 Å². The van der Waals surface area contributed by atoms with Crippen molar-refractivity contribution in [2.75, 3.05) is 0 Å². The van der Waals surface area contributed by atoms with Crippen molar-refractivity contribution in [2.45, 2.75) is 6.54 Å². The van der Waals surface area contributed by atoms with E-state index in [0.29, 0.717) is 10.9 Å². The minimum atomic E-state index is -0.367. The highest BCUT2D eigenvalue weighted by Crippen LogP contribution is 2.26. The molecule has 1 aromatic carbocycles. The molecule has 5 nitrogen and oxygen atoms in total. The maximum Gasteiger partial charge on any atom is 0.240 e. The van der Waals surface area contributed by atoms with Crippen LogP contribution in [0.25, 0.3) is 22.3 Å². The Hall–Kier alpha value is -2.21. The molecule has 0 saturated heterocycles. The van der Waals surface area contributed by atoms with Crippen LogP contribution in [0.2, 0.25) is 0 Å². The molecule has 0 amide bonds. The summed E-state index contributed by atoms with van der Waals surface area (Å²) in [7, 11) is 0. The molecule has 0 aliphatic heterocycles. The number of aromatic nitrogens is 3. The number of rotatable bonds is 2. The summed E-state index contributed by atoms with van der Waals surface area (Å²) >= 11 is 0. The van der Waals surface area contributed by atoms with Gasteiger partial charge in [0.05, 0.1) is 12.1 Å². The highest BCUT2D eigenvalue weighted by molar-refractivity contribution is 5.84. The summed E-state index contributed by atoms with van der Waals surface area (Å²) < 4.78 is 19.0. The zero-order valence-corrected chi connectivity index (χ0v) is 8.77. The maximum absolute atomic E-state index is 14.1. The van der Waals surface area contributed by atoms with Crippen LogP contribution in [0.15, 0.2) is 28.9 Å². The summed E-state index contributed by atoms with van der Waals surface area (Å²) in [6.07, 6.45) is 1.68. The predicted octanol–water partition coefficient (Wildman–Crippen LogP) is 1.82. The lowest BCUT2D eigenvalue weighted by Gasteiger charge is -1.98. The third kappa shape index (κ3) is 1.50. The predicted molar refractivity (Wildman–Crippen MR) is 59.4 cm³/mol. The van der Waals surface area contributed by atoms with Gasteiger partial charge in [-0.15, -0.1) is 0 Å². The molecule has 3 rings (SSSR count). The third-order valence-corrected chi connectivity index (χ3v) is 2.55. The molecule has 17 heavy (non-hydrogen) atoms. The second-order valence-electron chi connectivity index (χ2n) is 3.58. The number of hydrogen-bond donors (Lipinski definition) is 2. The first kappa shape index (κ1) is 9.98. The van der Waals surface area contributed by atoms with Crippen molar-refractivity contribution < 1.29 is 8.91 Å². The Balaban J connectivity index is 2.19. The minimum absolute atomic E-state index is 0.140. The van der Waals surface area contributed by atoms with E-state index in [0.717, 1.165) is 5.52 Å². The second-order valence-corrected chi connectivity index (χ2v) is 3.58. The van der Waals surface area contributed by atoms with Gasteiger partial charge in [-0.1, -0.05) is 5.16 Å². The first-order valence-electron chi connectivity index (χ1n) is 5.08. The van der Waals surface area contributed by atoms with Crippen LogP contribution >= 0.6 is 0 Å². The average molecular weight is 232 g/mol. The zero-order chi connectivity index (χ0) is 11.8. The SMILES string of the molecule is NCc1nc(-c2ccc3[nH]ccc3c2F)no1. The lowest BCUT2D eigenvalue weighted by molar-refractivity contribution is 0.380. The Morgan fingerprint density at radius 3 is 3.00 bits per heavy atom. The van der Waals surface area contributed by atoms with Gasteiger partial charge in [-0.3, -0.25) is 0 Å². The first-order chi connectivity index (χ1) is 8.29. The van der Waals surface area contributed by atoms with Crippen molar-refractivity contribution in [2.24, 2.45) is 5.73 Å². The Morgan fingerprint density at radius 2 is 2.24 bits per heavy atom. The van der Waals surface area contributed by atoms with Crippen molar-refractivity contribution in [3.05, 3.63) is 36.1 Å². The van der Waals surface area contributed by atoms with Crippen LogP contribution < -0.4 is 5.73 Å². The fourth-order valence-corrected chi connectivity index (χ4v) is 1.72. The molecule has 3 aromatic rings. The van der Waals surface area contributed by atoms with Gasteiger partial charge in [-0.25, -0.2) is 4.39 Å². The fourth-order valence-electron chi connectivity index (χ4n) is 1.72. The quantitative estimate of drug-likeness (QED) is 0.706. The summed E-state index contributed by atoms with van der Waals surface area (Å²) in [5.74, 6) is 0.132. The van der Waals surface area contributed by atoms with Crippen LogP contribution in [0.3, 0.4) is 0 Å². The molecule has 0 bridgehead atoms. The van der Waals surface area contributed by atoms with E-state index in [9.17, 15) is 4.39 Å². The molecule has 2 aromatic heterocycles. The highest BCUT2D eigenvalue weighted by Gasteiger charge is 2.14. The van der Waals surface area contributed by atoms with Gasteiger partial charge < -0.3 is 15.2 Å². The molecule has 6 heteroatoms. The van der Waals surface area contributed by atoms with E-state index >= 15 is 0 Å². The Morgan fingerprint density at radius 1 is 1.35 bits per heavy atom.